The third kappa shape index (κ3) is 5.57. The molecule has 1 N–H and O–H groups in total. The first kappa shape index (κ1) is 19.4. The van der Waals surface area contributed by atoms with Gasteiger partial charge in [0.2, 0.25) is 5.91 Å². The molecule has 0 saturated carbocycles. The van der Waals surface area contributed by atoms with Gasteiger partial charge in [-0.2, -0.15) is 0 Å². The Morgan fingerprint density at radius 2 is 1.81 bits per heavy atom. The molecule has 0 aliphatic carbocycles. The van der Waals surface area contributed by atoms with Crippen molar-refractivity contribution in [2.75, 3.05) is 19.7 Å². The number of rotatable bonds is 7. The van der Waals surface area contributed by atoms with Gasteiger partial charge in [-0.25, -0.2) is 0 Å². The largest absolute Gasteiger partial charge is 0.494 e. The van der Waals surface area contributed by atoms with Crippen molar-refractivity contribution in [1.29, 1.82) is 0 Å². The summed E-state index contributed by atoms with van der Waals surface area (Å²) in [6.45, 7) is 8.15. The molecule has 1 aliphatic rings. The smallest absolute Gasteiger partial charge is 0.223 e. The molecule has 27 heavy (non-hydrogen) atoms. The minimum absolute atomic E-state index is 0.119. The lowest BCUT2D eigenvalue weighted by Gasteiger charge is -2.31. The minimum Gasteiger partial charge on any atom is -0.494 e. The van der Waals surface area contributed by atoms with E-state index < -0.39 is 0 Å². The average molecular weight is 367 g/mol. The Labute approximate surface area is 162 Å². The zero-order valence-corrected chi connectivity index (χ0v) is 16.4. The molecule has 3 rings (SSSR count). The fourth-order valence-corrected chi connectivity index (χ4v) is 3.56. The summed E-state index contributed by atoms with van der Waals surface area (Å²) in [5, 5.41) is 3.10. The zero-order chi connectivity index (χ0) is 19.1. The SMILES string of the molecule is CCOc1ccccc1CN1CCC(C(=O)NCc2ccc(C)cc2)CC1. The first-order chi connectivity index (χ1) is 13.2. The number of nitrogens with one attached hydrogen (secondary N) is 1. The number of aryl methyl sites for hydroxylation is 1. The summed E-state index contributed by atoms with van der Waals surface area (Å²) in [6.07, 6.45) is 1.83. The lowest BCUT2D eigenvalue weighted by Crippen LogP contribution is -2.40. The molecule has 0 atom stereocenters. The Hall–Kier alpha value is -2.33. The minimum atomic E-state index is 0.119. The van der Waals surface area contributed by atoms with Crippen molar-refractivity contribution in [3.63, 3.8) is 0 Å². The third-order valence-electron chi connectivity index (χ3n) is 5.21. The molecule has 4 nitrogen and oxygen atoms in total. The highest BCUT2D eigenvalue weighted by Crippen LogP contribution is 2.24. The Balaban J connectivity index is 1.45. The second kappa shape index (κ2) is 9.56. The van der Waals surface area contributed by atoms with Crippen LogP contribution < -0.4 is 10.1 Å². The molecule has 1 amide bonds. The molecule has 1 fully saturated rings. The van der Waals surface area contributed by atoms with Gasteiger partial charge in [0.05, 0.1) is 6.61 Å². The van der Waals surface area contributed by atoms with Crippen LogP contribution >= 0.6 is 0 Å². The molecule has 2 aromatic carbocycles. The third-order valence-corrected chi connectivity index (χ3v) is 5.21. The number of carbonyl (C=O) groups is 1. The van der Waals surface area contributed by atoms with E-state index in [1.807, 2.05) is 19.1 Å². The van der Waals surface area contributed by atoms with Crippen molar-refractivity contribution >= 4 is 5.91 Å². The Morgan fingerprint density at radius 3 is 2.52 bits per heavy atom. The maximum Gasteiger partial charge on any atom is 0.223 e. The first-order valence-corrected chi connectivity index (χ1v) is 9.92. The van der Waals surface area contributed by atoms with Crippen LogP contribution in [0.5, 0.6) is 5.75 Å². The van der Waals surface area contributed by atoms with E-state index in [4.69, 9.17) is 4.74 Å². The molecular weight excluding hydrogens is 336 g/mol. The standard InChI is InChI=1S/C23H30N2O2/c1-3-27-22-7-5-4-6-21(22)17-25-14-12-20(13-15-25)23(26)24-16-19-10-8-18(2)9-11-19/h4-11,20H,3,12-17H2,1-2H3,(H,24,26). The van der Waals surface area contributed by atoms with E-state index in [1.54, 1.807) is 0 Å². The fourth-order valence-electron chi connectivity index (χ4n) is 3.56. The van der Waals surface area contributed by atoms with E-state index in [2.05, 4.69) is 53.5 Å². The van der Waals surface area contributed by atoms with Crippen LogP contribution in [0, 0.1) is 12.8 Å². The molecule has 1 saturated heterocycles. The van der Waals surface area contributed by atoms with E-state index >= 15 is 0 Å². The van der Waals surface area contributed by atoms with Crippen LogP contribution in [0.3, 0.4) is 0 Å². The predicted molar refractivity (Wildman–Crippen MR) is 109 cm³/mol. The van der Waals surface area contributed by atoms with Gasteiger partial charge in [0.15, 0.2) is 0 Å². The summed E-state index contributed by atoms with van der Waals surface area (Å²) in [5.41, 5.74) is 3.61. The van der Waals surface area contributed by atoms with Crippen molar-refractivity contribution in [3.8, 4) is 5.75 Å². The van der Waals surface area contributed by atoms with Crippen molar-refractivity contribution in [2.45, 2.75) is 39.8 Å². The number of piperidine rings is 1. The Bertz CT molecular complexity index is 734. The lowest BCUT2D eigenvalue weighted by molar-refractivity contribution is -0.126. The van der Waals surface area contributed by atoms with Crippen LogP contribution in [0.15, 0.2) is 48.5 Å². The quantitative estimate of drug-likeness (QED) is 0.807. The van der Waals surface area contributed by atoms with Gasteiger partial charge in [-0.05, 0) is 51.4 Å². The van der Waals surface area contributed by atoms with Gasteiger partial charge in [-0.1, -0.05) is 48.0 Å². The zero-order valence-electron chi connectivity index (χ0n) is 16.4. The van der Waals surface area contributed by atoms with E-state index in [-0.39, 0.29) is 11.8 Å². The number of para-hydroxylation sites is 1. The molecule has 2 aromatic rings. The number of carbonyl (C=O) groups excluding carboxylic acids is 1. The van der Waals surface area contributed by atoms with Crippen LogP contribution in [-0.2, 0) is 17.9 Å². The van der Waals surface area contributed by atoms with Gasteiger partial charge in [-0.3, -0.25) is 9.69 Å². The van der Waals surface area contributed by atoms with E-state index in [0.29, 0.717) is 13.2 Å². The predicted octanol–water partition coefficient (Wildman–Crippen LogP) is 3.92. The van der Waals surface area contributed by atoms with Gasteiger partial charge in [0, 0.05) is 24.6 Å². The summed E-state index contributed by atoms with van der Waals surface area (Å²) in [5.74, 6) is 1.27. The molecule has 0 aromatic heterocycles. The van der Waals surface area contributed by atoms with Crippen molar-refractivity contribution in [3.05, 3.63) is 65.2 Å². The molecule has 0 radical (unpaired) electrons. The molecule has 144 valence electrons. The lowest BCUT2D eigenvalue weighted by atomic mass is 9.95. The summed E-state index contributed by atoms with van der Waals surface area (Å²) < 4.78 is 5.73. The Morgan fingerprint density at radius 1 is 1.11 bits per heavy atom. The monoisotopic (exact) mass is 366 g/mol. The summed E-state index contributed by atoms with van der Waals surface area (Å²) in [4.78, 5) is 14.9. The van der Waals surface area contributed by atoms with Gasteiger partial charge >= 0.3 is 0 Å². The average Bonchev–Trinajstić information content (AvgIpc) is 2.69. The molecule has 0 bridgehead atoms. The first-order valence-electron chi connectivity index (χ1n) is 9.92. The fraction of sp³-hybridized carbons (Fsp3) is 0.435. The second-order valence-corrected chi connectivity index (χ2v) is 7.29. The van der Waals surface area contributed by atoms with Crippen molar-refractivity contribution < 1.29 is 9.53 Å². The highest BCUT2D eigenvalue weighted by Gasteiger charge is 2.25. The highest BCUT2D eigenvalue weighted by atomic mass is 16.5. The topological polar surface area (TPSA) is 41.6 Å². The normalized spacial score (nSPS) is 15.5. The second-order valence-electron chi connectivity index (χ2n) is 7.29. The van der Waals surface area contributed by atoms with Crippen LogP contribution in [0.25, 0.3) is 0 Å². The van der Waals surface area contributed by atoms with E-state index in [0.717, 1.165) is 43.8 Å². The number of hydrogen-bond acceptors (Lipinski definition) is 3. The molecule has 1 aliphatic heterocycles. The van der Waals surface area contributed by atoms with Crippen LogP contribution in [0.4, 0.5) is 0 Å². The van der Waals surface area contributed by atoms with Gasteiger partial charge in [-0.15, -0.1) is 0 Å². The van der Waals surface area contributed by atoms with Crippen LogP contribution in [-0.4, -0.2) is 30.5 Å². The number of ether oxygens (including phenoxy) is 1. The van der Waals surface area contributed by atoms with Crippen molar-refractivity contribution in [2.24, 2.45) is 5.92 Å². The summed E-state index contributed by atoms with van der Waals surface area (Å²) >= 11 is 0. The molecule has 0 unspecified atom stereocenters. The van der Waals surface area contributed by atoms with Gasteiger partial charge in [0.1, 0.15) is 5.75 Å². The van der Waals surface area contributed by atoms with Gasteiger partial charge < -0.3 is 10.1 Å². The number of hydrogen-bond donors (Lipinski definition) is 1. The number of likely N-dealkylation sites (tertiary alicyclic amines) is 1. The van der Waals surface area contributed by atoms with E-state index in [9.17, 15) is 4.79 Å². The highest BCUT2D eigenvalue weighted by molar-refractivity contribution is 5.78. The number of nitrogens with zero attached hydrogens (tertiary/aromatic N) is 1. The molecule has 4 heteroatoms. The Kier molecular flexibility index (Phi) is 6.88. The summed E-state index contributed by atoms with van der Waals surface area (Å²) in [7, 11) is 0. The molecular formula is C23H30N2O2. The maximum atomic E-state index is 12.5. The number of amides is 1. The number of benzene rings is 2. The van der Waals surface area contributed by atoms with Crippen LogP contribution in [0.1, 0.15) is 36.5 Å². The molecule has 1 heterocycles. The van der Waals surface area contributed by atoms with Crippen LogP contribution in [0.2, 0.25) is 0 Å². The van der Waals surface area contributed by atoms with Gasteiger partial charge in [0.25, 0.3) is 0 Å². The maximum absolute atomic E-state index is 12.5. The summed E-state index contributed by atoms with van der Waals surface area (Å²) in [6, 6.07) is 16.6. The van der Waals surface area contributed by atoms with Crippen molar-refractivity contribution in [1.82, 2.24) is 10.2 Å². The molecule has 0 spiro atoms. The van der Waals surface area contributed by atoms with E-state index in [1.165, 1.54) is 11.1 Å².